The largest absolute Gasteiger partial charge is 0.378 e. The van der Waals surface area contributed by atoms with Crippen molar-refractivity contribution in [3.05, 3.63) is 47.4 Å². The molecule has 0 spiro atoms. The Bertz CT molecular complexity index is 882. The molecule has 0 saturated carbocycles. The fraction of sp³-hybridized carbons (Fsp3) is 0.375. The number of ether oxygens (including phenoxy) is 1. The van der Waals surface area contributed by atoms with Gasteiger partial charge in [-0.05, 0) is 19.1 Å². The Morgan fingerprint density at radius 2 is 1.77 bits per heavy atom. The third-order valence-corrected chi connectivity index (χ3v) is 5.17. The van der Waals surface area contributed by atoms with Crippen LogP contribution in [0.3, 0.4) is 0 Å². The molecule has 0 atom stereocenters. The number of halogens is 2. The van der Waals surface area contributed by atoms with Crippen LogP contribution in [0.15, 0.2) is 29.2 Å². The Kier molecular flexibility index (Phi) is 5.44. The van der Waals surface area contributed by atoms with Crippen molar-refractivity contribution in [2.75, 3.05) is 31.2 Å². The zero-order chi connectivity index (χ0) is 18.7. The fourth-order valence-electron chi connectivity index (χ4n) is 2.57. The highest BCUT2D eigenvalue weighted by molar-refractivity contribution is 7.89. The summed E-state index contributed by atoms with van der Waals surface area (Å²) in [5.74, 6) is -0.975. The second-order valence-electron chi connectivity index (χ2n) is 5.81. The number of hydrogen-bond acceptors (Lipinski definition) is 6. The summed E-state index contributed by atoms with van der Waals surface area (Å²) in [5, 5.41) is 0. The standard InChI is InChI=1S/C16H18F2N4O3S/c1-11-6-16(22-2-4-25-5-3-22)21-15(20-11)10-19-26(23,24)14-8-12(17)7-13(18)9-14/h6-9,19H,2-5,10H2,1H3. The number of rotatable bonds is 5. The van der Waals surface area contributed by atoms with Crippen molar-refractivity contribution in [2.45, 2.75) is 18.4 Å². The maximum absolute atomic E-state index is 13.3. The smallest absolute Gasteiger partial charge is 0.241 e. The second-order valence-corrected chi connectivity index (χ2v) is 7.58. The lowest BCUT2D eigenvalue weighted by Crippen LogP contribution is -2.37. The molecular formula is C16H18F2N4O3S. The topological polar surface area (TPSA) is 84.4 Å². The molecule has 1 N–H and O–H groups in total. The first-order valence-electron chi connectivity index (χ1n) is 7.96. The van der Waals surface area contributed by atoms with E-state index in [0.29, 0.717) is 43.9 Å². The van der Waals surface area contributed by atoms with Gasteiger partial charge in [0.2, 0.25) is 10.0 Å². The van der Waals surface area contributed by atoms with E-state index in [4.69, 9.17) is 4.74 Å². The monoisotopic (exact) mass is 384 g/mol. The third kappa shape index (κ3) is 4.51. The molecule has 3 rings (SSSR count). The lowest BCUT2D eigenvalue weighted by molar-refractivity contribution is 0.122. The predicted octanol–water partition coefficient (Wildman–Crippen LogP) is 1.38. The van der Waals surface area contributed by atoms with E-state index in [9.17, 15) is 17.2 Å². The molecule has 10 heteroatoms. The molecule has 1 aromatic carbocycles. The van der Waals surface area contributed by atoms with E-state index in [0.717, 1.165) is 12.1 Å². The summed E-state index contributed by atoms with van der Waals surface area (Å²) in [6, 6.07) is 3.92. The van der Waals surface area contributed by atoms with Gasteiger partial charge < -0.3 is 9.64 Å². The highest BCUT2D eigenvalue weighted by atomic mass is 32.2. The van der Waals surface area contributed by atoms with Crippen LogP contribution in [-0.2, 0) is 21.3 Å². The zero-order valence-electron chi connectivity index (χ0n) is 14.1. The molecule has 0 bridgehead atoms. The zero-order valence-corrected chi connectivity index (χ0v) is 14.9. The van der Waals surface area contributed by atoms with E-state index in [-0.39, 0.29) is 12.4 Å². The van der Waals surface area contributed by atoms with E-state index >= 15 is 0 Å². The minimum absolute atomic E-state index is 0.195. The van der Waals surface area contributed by atoms with Crippen LogP contribution in [0.5, 0.6) is 0 Å². The van der Waals surface area contributed by atoms with Crippen molar-refractivity contribution in [1.29, 1.82) is 0 Å². The second kappa shape index (κ2) is 7.60. The van der Waals surface area contributed by atoms with Gasteiger partial charge in [0.1, 0.15) is 23.3 Å². The summed E-state index contributed by atoms with van der Waals surface area (Å²) in [5.41, 5.74) is 0.687. The van der Waals surface area contributed by atoms with Gasteiger partial charge in [0.05, 0.1) is 24.7 Å². The van der Waals surface area contributed by atoms with Crippen molar-refractivity contribution in [2.24, 2.45) is 0 Å². The molecule has 0 radical (unpaired) electrons. The van der Waals surface area contributed by atoms with Gasteiger partial charge in [-0.25, -0.2) is 31.9 Å². The van der Waals surface area contributed by atoms with Gasteiger partial charge in [-0.3, -0.25) is 0 Å². The molecule has 1 aliphatic heterocycles. The molecule has 1 fully saturated rings. The van der Waals surface area contributed by atoms with Crippen molar-refractivity contribution >= 4 is 15.8 Å². The highest BCUT2D eigenvalue weighted by Gasteiger charge is 2.18. The van der Waals surface area contributed by atoms with Crippen LogP contribution in [0.2, 0.25) is 0 Å². The SMILES string of the molecule is Cc1cc(N2CCOCC2)nc(CNS(=O)(=O)c2cc(F)cc(F)c2)n1. The molecule has 0 unspecified atom stereocenters. The Morgan fingerprint density at radius 3 is 2.42 bits per heavy atom. The maximum Gasteiger partial charge on any atom is 0.241 e. The number of aromatic nitrogens is 2. The van der Waals surface area contributed by atoms with Gasteiger partial charge in [0, 0.05) is 30.9 Å². The summed E-state index contributed by atoms with van der Waals surface area (Å²) in [6.45, 7) is 4.14. The van der Waals surface area contributed by atoms with E-state index in [1.807, 2.05) is 11.0 Å². The van der Waals surface area contributed by atoms with Crippen LogP contribution in [0.1, 0.15) is 11.5 Å². The number of anilines is 1. The van der Waals surface area contributed by atoms with Crippen molar-refractivity contribution < 1.29 is 21.9 Å². The number of nitrogens with zero attached hydrogens (tertiary/aromatic N) is 3. The Hall–Kier alpha value is -2.17. The summed E-state index contributed by atoms with van der Waals surface area (Å²) < 4.78 is 58.6. The van der Waals surface area contributed by atoms with Crippen LogP contribution < -0.4 is 9.62 Å². The molecule has 1 saturated heterocycles. The van der Waals surface area contributed by atoms with Crippen molar-refractivity contribution in [3.8, 4) is 0 Å². The normalized spacial score (nSPS) is 15.3. The summed E-state index contributed by atoms with van der Waals surface area (Å²) >= 11 is 0. The minimum Gasteiger partial charge on any atom is -0.378 e. The maximum atomic E-state index is 13.3. The van der Waals surface area contributed by atoms with Crippen molar-refractivity contribution in [3.63, 3.8) is 0 Å². The lowest BCUT2D eigenvalue weighted by Gasteiger charge is -2.28. The van der Waals surface area contributed by atoms with E-state index < -0.39 is 26.6 Å². The number of benzene rings is 1. The number of morpholine rings is 1. The number of sulfonamides is 1. The third-order valence-electron chi connectivity index (χ3n) is 3.79. The molecular weight excluding hydrogens is 366 g/mol. The number of hydrogen-bond donors (Lipinski definition) is 1. The van der Waals surface area contributed by atoms with E-state index in [1.165, 1.54) is 0 Å². The van der Waals surface area contributed by atoms with Gasteiger partial charge in [-0.1, -0.05) is 0 Å². The molecule has 0 aliphatic carbocycles. The predicted molar refractivity (Wildman–Crippen MR) is 90.2 cm³/mol. The van der Waals surface area contributed by atoms with E-state index in [2.05, 4.69) is 14.7 Å². The first-order valence-corrected chi connectivity index (χ1v) is 9.45. The number of aryl methyl sites for hydroxylation is 1. The van der Waals surface area contributed by atoms with E-state index in [1.54, 1.807) is 6.92 Å². The molecule has 7 nitrogen and oxygen atoms in total. The molecule has 2 aromatic rings. The Morgan fingerprint density at radius 1 is 1.12 bits per heavy atom. The molecule has 2 heterocycles. The summed E-state index contributed by atoms with van der Waals surface area (Å²) in [4.78, 5) is 10.1. The average molecular weight is 384 g/mol. The molecule has 1 aliphatic rings. The first kappa shape index (κ1) is 18.6. The quantitative estimate of drug-likeness (QED) is 0.839. The first-order chi connectivity index (χ1) is 12.3. The van der Waals surface area contributed by atoms with Crippen LogP contribution in [0.25, 0.3) is 0 Å². The van der Waals surface area contributed by atoms with Gasteiger partial charge in [0.25, 0.3) is 0 Å². The van der Waals surface area contributed by atoms with Crippen LogP contribution in [-0.4, -0.2) is 44.7 Å². The summed E-state index contributed by atoms with van der Waals surface area (Å²) in [6.07, 6.45) is 0. The Balaban J connectivity index is 1.77. The van der Waals surface area contributed by atoms with Gasteiger partial charge in [-0.15, -0.1) is 0 Å². The van der Waals surface area contributed by atoms with Crippen LogP contribution in [0.4, 0.5) is 14.6 Å². The van der Waals surface area contributed by atoms with Gasteiger partial charge in [-0.2, -0.15) is 0 Å². The minimum atomic E-state index is -4.10. The average Bonchev–Trinajstić information content (AvgIpc) is 2.60. The van der Waals surface area contributed by atoms with Crippen LogP contribution in [0, 0.1) is 18.6 Å². The number of nitrogens with one attached hydrogen (secondary N) is 1. The van der Waals surface area contributed by atoms with Crippen LogP contribution >= 0.6 is 0 Å². The van der Waals surface area contributed by atoms with Crippen molar-refractivity contribution in [1.82, 2.24) is 14.7 Å². The summed E-state index contributed by atoms with van der Waals surface area (Å²) in [7, 11) is -4.10. The fourth-order valence-corrected chi connectivity index (χ4v) is 3.59. The highest BCUT2D eigenvalue weighted by Crippen LogP contribution is 2.16. The Labute approximate surface area is 150 Å². The molecule has 1 aromatic heterocycles. The molecule has 0 amide bonds. The lowest BCUT2D eigenvalue weighted by atomic mass is 10.3. The molecule has 140 valence electrons. The van der Waals surface area contributed by atoms with Gasteiger partial charge in [0.15, 0.2) is 0 Å². The van der Waals surface area contributed by atoms with Gasteiger partial charge >= 0.3 is 0 Å². The molecule has 26 heavy (non-hydrogen) atoms.